The van der Waals surface area contributed by atoms with Crippen LogP contribution in [-0.4, -0.2) is 17.0 Å². The maximum atomic E-state index is 8.76. The van der Waals surface area contributed by atoms with E-state index in [1.807, 2.05) is 0 Å². The number of rotatable bonds is 3. The summed E-state index contributed by atoms with van der Waals surface area (Å²) in [5.74, 6) is 0. The van der Waals surface area contributed by atoms with Crippen molar-refractivity contribution in [2.24, 2.45) is 5.41 Å². The molecule has 0 rings (SSSR count). The van der Waals surface area contributed by atoms with Gasteiger partial charge in [0.05, 0.1) is 0 Å². The first-order valence-electron chi connectivity index (χ1n) is 2.85. The largest absolute Gasteiger partial charge is 0.396 e. The molecule has 2 heteroatoms. The molecule has 0 saturated heterocycles. The maximum Gasteiger partial charge on any atom is 0.0492 e. The monoisotopic (exact) mass is 180 g/mol. The highest BCUT2D eigenvalue weighted by Gasteiger charge is 2.17. The Morgan fingerprint density at radius 2 is 2.12 bits per heavy atom. The molecule has 0 aliphatic rings. The van der Waals surface area contributed by atoms with Crippen LogP contribution in [0.1, 0.15) is 20.3 Å². The van der Waals surface area contributed by atoms with Crippen LogP contribution in [0.25, 0.3) is 0 Å². The summed E-state index contributed by atoms with van der Waals surface area (Å²) in [6.45, 7) is 4.41. The van der Waals surface area contributed by atoms with Gasteiger partial charge < -0.3 is 5.11 Å². The molecule has 0 aliphatic heterocycles. The number of hydrogen-bond donors (Lipinski definition) is 1. The predicted octanol–water partition coefficient (Wildman–Crippen LogP) is 1.79. The van der Waals surface area contributed by atoms with Crippen LogP contribution in [0.3, 0.4) is 0 Å². The fraction of sp³-hybridized carbons (Fsp3) is 1.00. The molecule has 8 heavy (non-hydrogen) atoms. The lowest BCUT2D eigenvalue weighted by atomic mass is 9.92. The molecule has 50 valence electrons. The third-order valence-corrected chi connectivity index (χ3v) is 2.91. The predicted molar refractivity (Wildman–Crippen MR) is 39.3 cm³/mol. The third-order valence-electron chi connectivity index (χ3n) is 1.56. The zero-order chi connectivity index (χ0) is 6.62. The number of aliphatic hydroxyl groups is 1. The van der Waals surface area contributed by atoms with Crippen molar-refractivity contribution in [3.8, 4) is 0 Å². The Balaban J connectivity index is 3.58. The van der Waals surface area contributed by atoms with Crippen LogP contribution in [0.5, 0.6) is 0 Å². The third kappa shape index (κ3) is 2.14. The van der Waals surface area contributed by atoms with Crippen molar-refractivity contribution < 1.29 is 5.11 Å². The minimum Gasteiger partial charge on any atom is -0.396 e. The molecule has 1 unspecified atom stereocenters. The second-order valence-corrected chi connectivity index (χ2v) is 3.02. The highest BCUT2D eigenvalue weighted by atomic mass is 79.9. The highest BCUT2D eigenvalue weighted by molar-refractivity contribution is 9.09. The molecule has 0 bridgehead atoms. The van der Waals surface area contributed by atoms with Gasteiger partial charge in [-0.15, -0.1) is 0 Å². The number of alkyl halides is 1. The van der Waals surface area contributed by atoms with Crippen LogP contribution in [0, 0.1) is 5.41 Å². The molecular formula is C6H13BrO. The molecule has 0 aromatic heterocycles. The zero-order valence-electron chi connectivity index (χ0n) is 5.45. The smallest absolute Gasteiger partial charge is 0.0492 e. The van der Waals surface area contributed by atoms with Crippen LogP contribution < -0.4 is 0 Å². The molecule has 0 saturated carbocycles. The molecule has 1 atom stereocenters. The first kappa shape index (κ1) is 8.44. The summed E-state index contributed by atoms with van der Waals surface area (Å²) in [7, 11) is 0. The second kappa shape index (κ2) is 3.46. The normalized spacial score (nSPS) is 18.0. The lowest BCUT2D eigenvalue weighted by Gasteiger charge is -2.21. The topological polar surface area (TPSA) is 20.2 Å². The van der Waals surface area contributed by atoms with Gasteiger partial charge in [0.2, 0.25) is 0 Å². The lowest BCUT2D eigenvalue weighted by Crippen LogP contribution is -2.21. The van der Waals surface area contributed by atoms with E-state index in [0.717, 1.165) is 11.8 Å². The van der Waals surface area contributed by atoms with E-state index < -0.39 is 0 Å². The molecule has 0 amide bonds. The standard InChI is InChI=1S/C6H13BrO/c1-3-6(2,4-7)5-8/h8H,3-5H2,1-2H3. The van der Waals surface area contributed by atoms with E-state index in [0.29, 0.717) is 0 Å². The van der Waals surface area contributed by atoms with Gasteiger partial charge in [0.15, 0.2) is 0 Å². The van der Waals surface area contributed by atoms with Crippen LogP contribution in [0.2, 0.25) is 0 Å². The summed E-state index contributed by atoms with van der Waals surface area (Å²) in [5, 5.41) is 9.64. The summed E-state index contributed by atoms with van der Waals surface area (Å²) in [4.78, 5) is 0. The van der Waals surface area contributed by atoms with Gasteiger partial charge in [-0.3, -0.25) is 0 Å². The van der Waals surface area contributed by atoms with E-state index in [4.69, 9.17) is 5.11 Å². The Morgan fingerprint density at radius 3 is 2.12 bits per heavy atom. The minimum atomic E-state index is 0.0972. The van der Waals surface area contributed by atoms with E-state index in [9.17, 15) is 0 Å². The van der Waals surface area contributed by atoms with Crippen molar-refractivity contribution in [3.05, 3.63) is 0 Å². The Hall–Kier alpha value is 0.440. The molecule has 0 radical (unpaired) electrons. The highest BCUT2D eigenvalue weighted by Crippen LogP contribution is 2.21. The molecule has 0 aliphatic carbocycles. The van der Waals surface area contributed by atoms with Crippen LogP contribution >= 0.6 is 15.9 Å². The summed E-state index contributed by atoms with van der Waals surface area (Å²) in [6, 6.07) is 0. The van der Waals surface area contributed by atoms with E-state index in [2.05, 4.69) is 29.8 Å². The quantitative estimate of drug-likeness (QED) is 0.658. The Bertz CT molecular complexity index is 51.3. The Morgan fingerprint density at radius 1 is 1.62 bits per heavy atom. The number of halogens is 1. The summed E-state index contributed by atoms with van der Waals surface area (Å²) < 4.78 is 0. The fourth-order valence-electron chi connectivity index (χ4n) is 0.249. The SMILES string of the molecule is CCC(C)(CO)CBr. The van der Waals surface area contributed by atoms with E-state index >= 15 is 0 Å². The van der Waals surface area contributed by atoms with Crippen molar-refractivity contribution in [1.82, 2.24) is 0 Å². The van der Waals surface area contributed by atoms with Crippen molar-refractivity contribution in [3.63, 3.8) is 0 Å². The fourth-order valence-corrected chi connectivity index (χ4v) is 0.822. The maximum absolute atomic E-state index is 8.76. The zero-order valence-corrected chi connectivity index (χ0v) is 7.03. The molecular weight excluding hydrogens is 168 g/mol. The first-order valence-corrected chi connectivity index (χ1v) is 3.97. The van der Waals surface area contributed by atoms with Crippen molar-refractivity contribution in [2.75, 3.05) is 11.9 Å². The summed E-state index contributed by atoms with van der Waals surface area (Å²) in [5.41, 5.74) is 0.0972. The Labute approximate surface area is 59.2 Å². The number of hydrogen-bond acceptors (Lipinski definition) is 1. The molecule has 0 heterocycles. The van der Waals surface area contributed by atoms with Crippen LogP contribution in [0.4, 0.5) is 0 Å². The first-order chi connectivity index (χ1) is 3.68. The summed E-state index contributed by atoms with van der Waals surface area (Å²) in [6.07, 6.45) is 1.02. The van der Waals surface area contributed by atoms with E-state index in [-0.39, 0.29) is 12.0 Å². The summed E-state index contributed by atoms with van der Waals surface area (Å²) >= 11 is 3.33. The Kier molecular flexibility index (Phi) is 3.65. The average molecular weight is 181 g/mol. The van der Waals surface area contributed by atoms with Crippen molar-refractivity contribution >= 4 is 15.9 Å². The molecule has 0 spiro atoms. The van der Waals surface area contributed by atoms with Crippen molar-refractivity contribution in [1.29, 1.82) is 0 Å². The van der Waals surface area contributed by atoms with E-state index in [1.165, 1.54) is 0 Å². The molecule has 0 aromatic carbocycles. The molecule has 0 fully saturated rings. The van der Waals surface area contributed by atoms with E-state index in [1.54, 1.807) is 0 Å². The second-order valence-electron chi connectivity index (χ2n) is 2.46. The van der Waals surface area contributed by atoms with Gasteiger partial charge in [0.25, 0.3) is 0 Å². The lowest BCUT2D eigenvalue weighted by molar-refractivity contribution is 0.161. The van der Waals surface area contributed by atoms with Crippen LogP contribution in [-0.2, 0) is 0 Å². The van der Waals surface area contributed by atoms with Gasteiger partial charge in [-0.05, 0) is 6.42 Å². The van der Waals surface area contributed by atoms with Gasteiger partial charge >= 0.3 is 0 Å². The van der Waals surface area contributed by atoms with Gasteiger partial charge in [0, 0.05) is 17.4 Å². The van der Waals surface area contributed by atoms with Crippen molar-refractivity contribution in [2.45, 2.75) is 20.3 Å². The average Bonchev–Trinajstić information content (AvgIpc) is 1.87. The van der Waals surface area contributed by atoms with Gasteiger partial charge in [-0.25, -0.2) is 0 Å². The van der Waals surface area contributed by atoms with Crippen LogP contribution in [0.15, 0.2) is 0 Å². The molecule has 1 nitrogen and oxygen atoms in total. The van der Waals surface area contributed by atoms with Gasteiger partial charge in [-0.2, -0.15) is 0 Å². The minimum absolute atomic E-state index is 0.0972. The molecule has 1 N–H and O–H groups in total. The number of aliphatic hydroxyl groups excluding tert-OH is 1. The van der Waals surface area contributed by atoms with Gasteiger partial charge in [-0.1, -0.05) is 29.8 Å². The molecule has 0 aromatic rings. The van der Waals surface area contributed by atoms with Gasteiger partial charge in [0.1, 0.15) is 0 Å².